The predicted octanol–water partition coefficient (Wildman–Crippen LogP) is 1.70. The van der Waals surface area contributed by atoms with Crippen LogP contribution in [0.5, 0.6) is 0 Å². The highest BCUT2D eigenvalue weighted by molar-refractivity contribution is 6.35. The van der Waals surface area contributed by atoms with Crippen molar-refractivity contribution in [2.24, 2.45) is 27.2 Å². The molecular weight excluding hydrogens is 348 g/mol. The number of nitrogens with zero attached hydrogens (tertiary/aromatic N) is 3. The van der Waals surface area contributed by atoms with Crippen molar-refractivity contribution >= 4 is 40.7 Å². The maximum Gasteiger partial charge on any atom is 0.270 e. The van der Waals surface area contributed by atoms with Crippen molar-refractivity contribution < 1.29 is 9.72 Å². The Morgan fingerprint density at radius 3 is 2.36 bits per heavy atom. The molecule has 0 aliphatic heterocycles. The van der Waals surface area contributed by atoms with E-state index in [1.165, 1.54) is 24.3 Å². The van der Waals surface area contributed by atoms with Crippen LogP contribution in [-0.4, -0.2) is 22.6 Å². The van der Waals surface area contributed by atoms with Crippen LogP contribution in [-0.2, 0) is 0 Å². The summed E-state index contributed by atoms with van der Waals surface area (Å²) in [5.41, 5.74) is 15.9. The molecule has 0 fully saturated rings. The number of hydrogen-bond acceptors (Lipinski definition) is 4. The molecule has 0 heterocycles. The molecule has 0 saturated carbocycles. The number of carbonyl (C=O) groups is 1. The summed E-state index contributed by atoms with van der Waals surface area (Å²) in [5.74, 6) is -1.17. The summed E-state index contributed by atoms with van der Waals surface area (Å²) >= 11 is 6.03. The molecule has 0 bridgehead atoms. The number of nitro benzene ring substituents is 1. The van der Waals surface area contributed by atoms with Gasteiger partial charge in [0.15, 0.2) is 11.7 Å². The highest BCUT2D eigenvalue weighted by Crippen LogP contribution is 2.29. The fraction of sp³-hybridized carbons (Fsp3) is 0. The van der Waals surface area contributed by atoms with Crippen molar-refractivity contribution in [2.45, 2.75) is 0 Å². The van der Waals surface area contributed by atoms with E-state index in [1.807, 2.05) is 0 Å². The van der Waals surface area contributed by atoms with Crippen LogP contribution < -0.4 is 17.2 Å². The van der Waals surface area contributed by atoms with Crippen molar-refractivity contribution in [3.8, 4) is 0 Å². The number of non-ortho nitro benzene ring substituents is 1. The van der Waals surface area contributed by atoms with Crippen LogP contribution >= 0.6 is 11.6 Å². The van der Waals surface area contributed by atoms with Crippen molar-refractivity contribution in [3.63, 3.8) is 0 Å². The summed E-state index contributed by atoms with van der Waals surface area (Å²) in [6.07, 6.45) is 0. The van der Waals surface area contributed by atoms with Gasteiger partial charge in [-0.05, 0) is 18.2 Å². The highest BCUT2D eigenvalue weighted by atomic mass is 35.5. The Labute approximate surface area is 147 Å². The van der Waals surface area contributed by atoms with Crippen LogP contribution in [0.25, 0.3) is 0 Å². The van der Waals surface area contributed by atoms with Gasteiger partial charge in [-0.3, -0.25) is 14.9 Å². The van der Waals surface area contributed by atoms with Crippen LogP contribution in [0.1, 0.15) is 15.9 Å². The number of carbonyl (C=O) groups excluding carboxylic acids is 1. The SMILES string of the molecule is NC(N)=NC(N)=Nc1ccc([N+](=O)[O-])cc1C(=O)c1ccccc1Cl. The summed E-state index contributed by atoms with van der Waals surface area (Å²) in [5, 5.41) is 11.2. The number of hydrogen-bond donors (Lipinski definition) is 3. The van der Waals surface area contributed by atoms with Crippen LogP contribution in [0.15, 0.2) is 52.4 Å². The number of benzene rings is 2. The molecule has 0 amide bonds. The van der Waals surface area contributed by atoms with E-state index in [-0.39, 0.29) is 39.4 Å². The van der Waals surface area contributed by atoms with Gasteiger partial charge in [0.2, 0.25) is 5.96 Å². The molecule has 0 aliphatic carbocycles. The Bertz CT molecular complexity index is 906. The van der Waals surface area contributed by atoms with E-state index < -0.39 is 10.7 Å². The molecule has 2 aromatic rings. The summed E-state index contributed by atoms with van der Waals surface area (Å²) in [4.78, 5) is 30.6. The van der Waals surface area contributed by atoms with Gasteiger partial charge in [-0.1, -0.05) is 23.7 Å². The van der Waals surface area contributed by atoms with Gasteiger partial charge >= 0.3 is 0 Å². The quantitative estimate of drug-likeness (QED) is 0.247. The summed E-state index contributed by atoms with van der Waals surface area (Å²) in [6, 6.07) is 9.85. The zero-order chi connectivity index (χ0) is 18.6. The second kappa shape index (κ2) is 7.41. The molecule has 128 valence electrons. The monoisotopic (exact) mass is 360 g/mol. The molecular formula is C15H13ClN6O3. The van der Waals surface area contributed by atoms with Gasteiger partial charge in [0.1, 0.15) is 0 Å². The van der Waals surface area contributed by atoms with E-state index in [2.05, 4.69) is 9.98 Å². The molecule has 2 aromatic carbocycles. The summed E-state index contributed by atoms with van der Waals surface area (Å²) in [7, 11) is 0. The van der Waals surface area contributed by atoms with Crippen LogP contribution in [0, 0.1) is 10.1 Å². The molecule has 2 rings (SSSR count). The van der Waals surface area contributed by atoms with Gasteiger partial charge in [-0.2, -0.15) is 4.99 Å². The molecule has 6 N–H and O–H groups in total. The average Bonchev–Trinajstić information content (AvgIpc) is 2.54. The normalized spacial score (nSPS) is 11.0. The average molecular weight is 361 g/mol. The van der Waals surface area contributed by atoms with Gasteiger partial charge in [-0.25, -0.2) is 4.99 Å². The van der Waals surface area contributed by atoms with Gasteiger partial charge in [0.25, 0.3) is 5.69 Å². The van der Waals surface area contributed by atoms with Crippen LogP contribution in [0.4, 0.5) is 11.4 Å². The zero-order valence-electron chi connectivity index (χ0n) is 12.7. The molecule has 0 atom stereocenters. The van der Waals surface area contributed by atoms with E-state index >= 15 is 0 Å². The second-order valence-corrected chi connectivity index (χ2v) is 5.18. The number of rotatable bonds is 4. The second-order valence-electron chi connectivity index (χ2n) is 4.77. The molecule has 0 aromatic heterocycles. The first-order valence-electron chi connectivity index (χ1n) is 6.81. The third-order valence-electron chi connectivity index (χ3n) is 3.03. The lowest BCUT2D eigenvalue weighted by Gasteiger charge is -2.07. The van der Waals surface area contributed by atoms with Crippen molar-refractivity contribution in [1.29, 1.82) is 0 Å². The minimum absolute atomic E-state index is 0.0592. The van der Waals surface area contributed by atoms with Crippen LogP contribution in [0.3, 0.4) is 0 Å². The highest BCUT2D eigenvalue weighted by Gasteiger charge is 2.20. The van der Waals surface area contributed by atoms with E-state index in [0.29, 0.717) is 0 Å². The Morgan fingerprint density at radius 1 is 1.08 bits per heavy atom. The summed E-state index contributed by atoms with van der Waals surface area (Å²) in [6.45, 7) is 0. The van der Waals surface area contributed by atoms with Gasteiger partial charge in [0.05, 0.1) is 21.2 Å². The number of ketones is 1. The third-order valence-corrected chi connectivity index (χ3v) is 3.36. The molecule has 10 heteroatoms. The maximum atomic E-state index is 12.8. The van der Waals surface area contributed by atoms with E-state index in [4.69, 9.17) is 28.8 Å². The van der Waals surface area contributed by atoms with E-state index in [0.717, 1.165) is 6.07 Å². The minimum Gasteiger partial charge on any atom is -0.370 e. The Balaban J connectivity index is 2.62. The molecule has 0 unspecified atom stereocenters. The summed E-state index contributed by atoms with van der Waals surface area (Å²) < 4.78 is 0. The molecule has 0 radical (unpaired) electrons. The first-order valence-corrected chi connectivity index (χ1v) is 7.19. The lowest BCUT2D eigenvalue weighted by Crippen LogP contribution is -2.26. The number of nitrogens with two attached hydrogens (primary N) is 3. The van der Waals surface area contributed by atoms with Gasteiger partial charge in [-0.15, -0.1) is 0 Å². The number of nitro groups is 1. The molecule has 0 saturated heterocycles. The lowest BCUT2D eigenvalue weighted by molar-refractivity contribution is -0.384. The van der Waals surface area contributed by atoms with E-state index in [1.54, 1.807) is 12.1 Å². The standard InChI is InChI=1S/C15H13ClN6O3/c16-11-4-2-1-3-9(11)13(23)10-7-8(22(24)25)5-6-12(10)20-15(19)21-14(17)18/h1-7H,(H6,17,18,19,20,21). The molecule has 0 spiro atoms. The Hall–Kier alpha value is -3.46. The van der Waals surface area contributed by atoms with Gasteiger partial charge in [0, 0.05) is 17.7 Å². The Kier molecular flexibility index (Phi) is 5.30. The van der Waals surface area contributed by atoms with Crippen LogP contribution in [0.2, 0.25) is 5.02 Å². The number of guanidine groups is 2. The maximum absolute atomic E-state index is 12.8. The van der Waals surface area contributed by atoms with Crippen molar-refractivity contribution in [2.75, 3.05) is 0 Å². The zero-order valence-corrected chi connectivity index (χ0v) is 13.5. The third kappa shape index (κ3) is 4.30. The first kappa shape index (κ1) is 17.9. The first-order chi connectivity index (χ1) is 11.8. The van der Waals surface area contributed by atoms with Gasteiger partial charge < -0.3 is 17.2 Å². The largest absolute Gasteiger partial charge is 0.370 e. The lowest BCUT2D eigenvalue weighted by atomic mass is 10.0. The fourth-order valence-electron chi connectivity index (χ4n) is 1.99. The predicted molar refractivity (Wildman–Crippen MR) is 95.1 cm³/mol. The molecule has 9 nitrogen and oxygen atoms in total. The molecule has 25 heavy (non-hydrogen) atoms. The number of aliphatic imine (C=N–C) groups is 2. The van der Waals surface area contributed by atoms with Crippen molar-refractivity contribution in [1.82, 2.24) is 0 Å². The number of halogens is 1. The fourth-order valence-corrected chi connectivity index (χ4v) is 2.21. The van der Waals surface area contributed by atoms with E-state index in [9.17, 15) is 14.9 Å². The Morgan fingerprint density at radius 2 is 1.76 bits per heavy atom. The minimum atomic E-state index is -0.629. The topological polar surface area (TPSA) is 163 Å². The molecule has 0 aliphatic rings. The van der Waals surface area contributed by atoms with Crippen molar-refractivity contribution in [3.05, 3.63) is 68.7 Å². The smallest absolute Gasteiger partial charge is 0.270 e.